The van der Waals surface area contributed by atoms with Crippen molar-refractivity contribution >= 4 is 32.7 Å². The molecule has 2 aromatic rings. The Balaban J connectivity index is 1.87. The molecule has 0 bridgehead atoms. The summed E-state index contributed by atoms with van der Waals surface area (Å²) >= 11 is 3.56. The molecule has 3 rings (SSSR count). The summed E-state index contributed by atoms with van der Waals surface area (Å²) in [6.45, 7) is 0. The molecule has 0 radical (unpaired) electrons. The Labute approximate surface area is 127 Å². The molecule has 0 saturated heterocycles. The maximum Gasteiger partial charge on any atom is 0.268 e. The van der Waals surface area contributed by atoms with Crippen molar-refractivity contribution < 1.29 is 4.79 Å². The first-order valence-electron chi connectivity index (χ1n) is 7.21. The smallest absolute Gasteiger partial charge is 0.268 e. The van der Waals surface area contributed by atoms with Crippen LogP contribution in [0.5, 0.6) is 0 Å². The third kappa shape index (κ3) is 2.49. The maximum absolute atomic E-state index is 12.5. The van der Waals surface area contributed by atoms with Crippen molar-refractivity contribution in [3.63, 3.8) is 0 Å². The topological polar surface area (TPSA) is 34.0 Å². The number of nitrogens with one attached hydrogen (secondary N) is 1. The predicted molar refractivity (Wildman–Crippen MR) is 85.0 cm³/mol. The second-order valence-electron chi connectivity index (χ2n) is 5.57. The Hall–Kier alpha value is -1.29. The number of para-hydroxylation sites is 1. The van der Waals surface area contributed by atoms with Gasteiger partial charge in [0.05, 0.1) is 5.52 Å². The summed E-state index contributed by atoms with van der Waals surface area (Å²) in [5.41, 5.74) is 1.80. The van der Waals surface area contributed by atoms with E-state index in [4.69, 9.17) is 0 Å². The first kappa shape index (κ1) is 13.7. The first-order valence-corrected chi connectivity index (χ1v) is 8.01. The fourth-order valence-electron chi connectivity index (χ4n) is 3.09. The van der Waals surface area contributed by atoms with Crippen molar-refractivity contribution in [2.45, 2.75) is 38.1 Å². The van der Waals surface area contributed by atoms with Gasteiger partial charge in [-0.2, -0.15) is 0 Å². The standard InChI is InChI=1S/C16H19BrN2O/c1-19-14(10-11-6-5-9-13(17)15(11)19)16(20)18-12-7-3-2-4-8-12/h5-6,9-10,12H,2-4,7-8H2,1H3,(H,18,20). The van der Waals surface area contributed by atoms with E-state index in [9.17, 15) is 4.79 Å². The zero-order valence-corrected chi connectivity index (χ0v) is 13.2. The number of benzene rings is 1. The third-order valence-corrected chi connectivity index (χ3v) is 4.82. The Kier molecular flexibility index (Phi) is 3.83. The summed E-state index contributed by atoms with van der Waals surface area (Å²) in [6.07, 6.45) is 5.98. The van der Waals surface area contributed by atoms with Crippen LogP contribution < -0.4 is 5.32 Å². The fraction of sp³-hybridized carbons (Fsp3) is 0.438. The molecule has 20 heavy (non-hydrogen) atoms. The van der Waals surface area contributed by atoms with Gasteiger partial charge in [-0.15, -0.1) is 0 Å². The van der Waals surface area contributed by atoms with Crippen LogP contribution in [-0.2, 0) is 7.05 Å². The number of amides is 1. The summed E-state index contributed by atoms with van der Waals surface area (Å²) < 4.78 is 2.99. The van der Waals surface area contributed by atoms with Gasteiger partial charge in [0.2, 0.25) is 0 Å². The molecular formula is C16H19BrN2O. The van der Waals surface area contributed by atoms with E-state index in [2.05, 4.69) is 21.2 Å². The highest BCUT2D eigenvalue weighted by Crippen LogP contribution is 2.27. The Morgan fingerprint density at radius 2 is 2.05 bits per heavy atom. The van der Waals surface area contributed by atoms with Gasteiger partial charge < -0.3 is 9.88 Å². The molecule has 4 heteroatoms. The quantitative estimate of drug-likeness (QED) is 0.884. The van der Waals surface area contributed by atoms with Gasteiger partial charge in [-0.05, 0) is 40.9 Å². The van der Waals surface area contributed by atoms with E-state index in [0.29, 0.717) is 6.04 Å². The van der Waals surface area contributed by atoms with Gasteiger partial charge in [-0.3, -0.25) is 4.79 Å². The number of halogens is 1. The number of hydrogen-bond acceptors (Lipinski definition) is 1. The van der Waals surface area contributed by atoms with Gasteiger partial charge >= 0.3 is 0 Å². The van der Waals surface area contributed by atoms with E-state index in [-0.39, 0.29) is 5.91 Å². The minimum atomic E-state index is 0.0440. The van der Waals surface area contributed by atoms with Crippen molar-refractivity contribution in [3.8, 4) is 0 Å². The highest BCUT2D eigenvalue weighted by atomic mass is 79.9. The number of rotatable bonds is 2. The molecule has 106 valence electrons. The third-order valence-electron chi connectivity index (χ3n) is 4.18. The fourth-order valence-corrected chi connectivity index (χ4v) is 3.74. The lowest BCUT2D eigenvalue weighted by atomic mass is 9.95. The lowest BCUT2D eigenvalue weighted by Gasteiger charge is -2.22. The van der Waals surface area contributed by atoms with Gasteiger partial charge in [0.15, 0.2) is 0 Å². The lowest BCUT2D eigenvalue weighted by Crippen LogP contribution is -2.36. The monoisotopic (exact) mass is 334 g/mol. The average Bonchev–Trinajstić information content (AvgIpc) is 2.79. The summed E-state index contributed by atoms with van der Waals surface area (Å²) in [4.78, 5) is 12.5. The molecule has 0 spiro atoms. The number of hydrogen-bond donors (Lipinski definition) is 1. The number of carbonyl (C=O) groups is 1. The van der Waals surface area contributed by atoms with E-state index in [0.717, 1.165) is 33.9 Å². The van der Waals surface area contributed by atoms with Gasteiger partial charge in [-0.1, -0.05) is 31.4 Å². The van der Waals surface area contributed by atoms with E-state index < -0.39 is 0 Å². The van der Waals surface area contributed by atoms with Crippen LogP contribution in [0.15, 0.2) is 28.7 Å². The maximum atomic E-state index is 12.5. The zero-order chi connectivity index (χ0) is 14.1. The average molecular weight is 335 g/mol. The lowest BCUT2D eigenvalue weighted by molar-refractivity contribution is 0.0920. The predicted octanol–water partition coefficient (Wildman–Crippen LogP) is 4.00. The molecule has 1 amide bonds. The summed E-state index contributed by atoms with van der Waals surface area (Å²) in [6, 6.07) is 8.36. The van der Waals surface area contributed by atoms with Gasteiger partial charge in [0, 0.05) is 22.9 Å². The SMILES string of the molecule is Cn1c(C(=O)NC2CCCCC2)cc2cccc(Br)c21. The highest BCUT2D eigenvalue weighted by molar-refractivity contribution is 9.10. The van der Waals surface area contributed by atoms with E-state index in [1.54, 1.807) is 0 Å². The molecule has 0 atom stereocenters. The van der Waals surface area contributed by atoms with Crippen molar-refractivity contribution in [1.82, 2.24) is 9.88 Å². The zero-order valence-electron chi connectivity index (χ0n) is 11.7. The van der Waals surface area contributed by atoms with Crippen LogP contribution >= 0.6 is 15.9 Å². The Morgan fingerprint density at radius 3 is 2.75 bits per heavy atom. The van der Waals surface area contributed by atoms with Crippen molar-refractivity contribution in [2.75, 3.05) is 0 Å². The normalized spacial score (nSPS) is 16.5. The molecule has 1 fully saturated rings. The van der Waals surface area contributed by atoms with E-state index >= 15 is 0 Å². The number of fused-ring (bicyclic) bond motifs is 1. The van der Waals surface area contributed by atoms with Crippen LogP contribution in [0.25, 0.3) is 10.9 Å². The van der Waals surface area contributed by atoms with E-state index in [1.807, 2.05) is 35.9 Å². The van der Waals surface area contributed by atoms with Crippen molar-refractivity contribution in [1.29, 1.82) is 0 Å². The van der Waals surface area contributed by atoms with Crippen LogP contribution in [0.3, 0.4) is 0 Å². The molecule has 1 aliphatic carbocycles. The number of aromatic nitrogens is 1. The second-order valence-corrected chi connectivity index (χ2v) is 6.43. The molecule has 1 aromatic heterocycles. The van der Waals surface area contributed by atoms with Crippen LogP contribution in [0.2, 0.25) is 0 Å². The van der Waals surface area contributed by atoms with E-state index in [1.165, 1.54) is 19.3 Å². The molecule has 0 unspecified atom stereocenters. The largest absolute Gasteiger partial charge is 0.348 e. The van der Waals surface area contributed by atoms with Crippen molar-refractivity contribution in [3.05, 3.63) is 34.4 Å². The summed E-state index contributed by atoms with van der Waals surface area (Å²) in [5, 5.41) is 4.27. The molecular weight excluding hydrogens is 316 g/mol. The Bertz CT molecular complexity index is 641. The minimum Gasteiger partial charge on any atom is -0.348 e. The minimum absolute atomic E-state index is 0.0440. The van der Waals surface area contributed by atoms with Crippen LogP contribution in [0, 0.1) is 0 Å². The number of nitrogens with zero attached hydrogens (tertiary/aromatic N) is 1. The summed E-state index contributed by atoms with van der Waals surface area (Å²) in [5.74, 6) is 0.0440. The first-order chi connectivity index (χ1) is 9.66. The summed E-state index contributed by atoms with van der Waals surface area (Å²) in [7, 11) is 1.95. The molecule has 1 heterocycles. The van der Waals surface area contributed by atoms with Crippen LogP contribution in [0.1, 0.15) is 42.6 Å². The van der Waals surface area contributed by atoms with Gasteiger partial charge in [0.1, 0.15) is 5.69 Å². The molecule has 1 aromatic carbocycles. The van der Waals surface area contributed by atoms with Gasteiger partial charge in [0.25, 0.3) is 5.91 Å². The second kappa shape index (κ2) is 5.60. The molecule has 0 aliphatic heterocycles. The van der Waals surface area contributed by atoms with Crippen molar-refractivity contribution in [2.24, 2.45) is 7.05 Å². The number of aryl methyl sites for hydroxylation is 1. The molecule has 1 saturated carbocycles. The van der Waals surface area contributed by atoms with Gasteiger partial charge in [-0.25, -0.2) is 0 Å². The van der Waals surface area contributed by atoms with Crippen LogP contribution in [0.4, 0.5) is 0 Å². The molecule has 1 aliphatic rings. The Morgan fingerprint density at radius 1 is 1.30 bits per heavy atom. The highest BCUT2D eigenvalue weighted by Gasteiger charge is 2.19. The molecule has 1 N–H and O–H groups in total. The number of carbonyl (C=O) groups excluding carboxylic acids is 1. The molecule has 3 nitrogen and oxygen atoms in total. The van der Waals surface area contributed by atoms with Crippen LogP contribution in [-0.4, -0.2) is 16.5 Å².